The van der Waals surface area contributed by atoms with Crippen molar-refractivity contribution in [1.82, 2.24) is 0 Å². The zero-order valence-electron chi connectivity index (χ0n) is 8.78. The molecule has 0 bridgehead atoms. The fraction of sp³-hybridized carbons (Fsp3) is 0.364. The van der Waals surface area contributed by atoms with E-state index in [1.54, 1.807) is 25.1 Å². The first-order chi connectivity index (χ1) is 7.41. The van der Waals surface area contributed by atoms with E-state index in [2.05, 4.69) is 0 Å². The Kier molecular flexibility index (Phi) is 4.59. The number of carboxylic acid groups (broad SMARTS) is 1. The van der Waals surface area contributed by atoms with Crippen LogP contribution in [-0.4, -0.2) is 11.1 Å². The van der Waals surface area contributed by atoms with E-state index in [9.17, 15) is 4.79 Å². The van der Waals surface area contributed by atoms with Gasteiger partial charge in [-0.15, -0.1) is 0 Å². The van der Waals surface area contributed by atoms with E-state index in [1.807, 2.05) is 0 Å². The Morgan fingerprint density at radius 2 is 2.06 bits per heavy atom. The molecule has 0 amide bonds. The maximum atomic E-state index is 10.6. The van der Waals surface area contributed by atoms with E-state index in [1.165, 1.54) is 0 Å². The molecule has 1 aromatic carbocycles. The lowest BCUT2D eigenvalue weighted by Gasteiger charge is -2.19. The van der Waals surface area contributed by atoms with Crippen LogP contribution in [0.25, 0.3) is 0 Å². The van der Waals surface area contributed by atoms with Crippen molar-refractivity contribution in [3.63, 3.8) is 0 Å². The first-order valence-corrected chi connectivity index (χ1v) is 5.59. The van der Waals surface area contributed by atoms with Crippen molar-refractivity contribution in [2.45, 2.75) is 19.4 Å². The van der Waals surface area contributed by atoms with Gasteiger partial charge in [-0.05, 0) is 23.6 Å². The van der Waals surface area contributed by atoms with Crippen LogP contribution in [0, 0.1) is 5.92 Å². The van der Waals surface area contributed by atoms with Gasteiger partial charge >= 0.3 is 5.97 Å². The molecule has 0 fully saturated rings. The number of hydrogen-bond donors (Lipinski definition) is 2. The minimum Gasteiger partial charge on any atom is -0.481 e. The molecule has 3 N–H and O–H groups in total. The molecule has 0 aliphatic heterocycles. The highest BCUT2D eigenvalue weighted by molar-refractivity contribution is 6.42. The lowest BCUT2D eigenvalue weighted by Crippen LogP contribution is -2.21. The first-order valence-electron chi connectivity index (χ1n) is 4.84. The fourth-order valence-corrected chi connectivity index (χ4v) is 1.76. The Bertz CT molecular complexity index is 396. The van der Waals surface area contributed by atoms with Crippen molar-refractivity contribution in [2.75, 3.05) is 0 Å². The van der Waals surface area contributed by atoms with Crippen LogP contribution >= 0.6 is 23.2 Å². The van der Waals surface area contributed by atoms with Crippen LogP contribution in [0.4, 0.5) is 0 Å². The predicted octanol–water partition coefficient (Wildman–Crippen LogP) is 3.10. The van der Waals surface area contributed by atoms with Gasteiger partial charge in [0.2, 0.25) is 0 Å². The molecule has 0 aromatic heterocycles. The summed E-state index contributed by atoms with van der Waals surface area (Å²) in [6.45, 7) is 1.79. The van der Waals surface area contributed by atoms with Crippen LogP contribution in [-0.2, 0) is 4.79 Å². The van der Waals surface area contributed by atoms with Crippen LogP contribution in [0.15, 0.2) is 18.2 Å². The minimum atomic E-state index is -0.858. The number of nitrogens with two attached hydrogens (primary N) is 1. The molecule has 0 aliphatic rings. The molecule has 1 rings (SSSR count). The molecule has 0 spiro atoms. The Balaban J connectivity index is 2.83. The molecular weight excluding hydrogens is 249 g/mol. The molecule has 88 valence electrons. The van der Waals surface area contributed by atoms with Crippen LogP contribution in [0.3, 0.4) is 0 Å². The van der Waals surface area contributed by atoms with Gasteiger partial charge in [-0.3, -0.25) is 4.79 Å². The second-order valence-corrected chi connectivity index (χ2v) is 4.59. The number of carbonyl (C=O) groups is 1. The molecule has 5 heteroatoms. The summed E-state index contributed by atoms with van der Waals surface area (Å²) in [6, 6.07) is 4.74. The molecule has 0 aliphatic carbocycles. The van der Waals surface area contributed by atoms with E-state index >= 15 is 0 Å². The van der Waals surface area contributed by atoms with E-state index in [0.717, 1.165) is 5.56 Å². The summed E-state index contributed by atoms with van der Waals surface area (Å²) >= 11 is 11.6. The molecule has 3 nitrogen and oxygen atoms in total. The van der Waals surface area contributed by atoms with Gasteiger partial charge in [0.15, 0.2) is 0 Å². The number of rotatable bonds is 4. The maximum absolute atomic E-state index is 10.6. The highest BCUT2D eigenvalue weighted by Crippen LogP contribution is 2.28. The molecular formula is C11H13Cl2NO2. The monoisotopic (exact) mass is 261 g/mol. The van der Waals surface area contributed by atoms with E-state index in [0.29, 0.717) is 10.0 Å². The smallest absolute Gasteiger partial charge is 0.303 e. The van der Waals surface area contributed by atoms with Crippen LogP contribution < -0.4 is 5.73 Å². The third kappa shape index (κ3) is 3.37. The average Bonchev–Trinajstić information content (AvgIpc) is 2.20. The largest absolute Gasteiger partial charge is 0.481 e. The van der Waals surface area contributed by atoms with Gasteiger partial charge in [0, 0.05) is 12.5 Å². The summed E-state index contributed by atoms with van der Waals surface area (Å²) in [5, 5.41) is 9.57. The van der Waals surface area contributed by atoms with Crippen molar-refractivity contribution in [3.8, 4) is 0 Å². The predicted molar refractivity (Wildman–Crippen MR) is 64.8 cm³/mol. The number of hydrogen-bond acceptors (Lipinski definition) is 2. The Hall–Kier alpha value is -0.770. The van der Waals surface area contributed by atoms with Crippen LogP contribution in [0.1, 0.15) is 24.9 Å². The van der Waals surface area contributed by atoms with E-state index < -0.39 is 5.97 Å². The highest BCUT2D eigenvalue weighted by atomic mass is 35.5. The normalized spacial score (nSPS) is 14.5. The Morgan fingerprint density at radius 3 is 2.56 bits per heavy atom. The number of benzene rings is 1. The standard InChI is InChI=1S/C11H13Cl2NO2/c1-6(4-10(15)16)11(14)7-2-3-8(12)9(13)5-7/h2-3,5-6,11H,4,14H2,1H3,(H,15,16). The number of aliphatic carboxylic acids is 1. The van der Waals surface area contributed by atoms with Crippen molar-refractivity contribution in [1.29, 1.82) is 0 Å². The summed E-state index contributed by atoms with van der Waals surface area (Å²) in [5.41, 5.74) is 6.74. The average molecular weight is 262 g/mol. The quantitative estimate of drug-likeness (QED) is 0.876. The summed E-state index contributed by atoms with van der Waals surface area (Å²) in [4.78, 5) is 10.6. The SMILES string of the molecule is CC(CC(=O)O)C(N)c1ccc(Cl)c(Cl)c1. The van der Waals surface area contributed by atoms with Crippen LogP contribution in [0.5, 0.6) is 0 Å². The zero-order chi connectivity index (χ0) is 12.3. The van der Waals surface area contributed by atoms with Gasteiger partial charge in [0.1, 0.15) is 0 Å². The summed E-state index contributed by atoms with van der Waals surface area (Å²) < 4.78 is 0. The second kappa shape index (κ2) is 5.53. The lowest BCUT2D eigenvalue weighted by atomic mass is 9.93. The molecule has 0 radical (unpaired) electrons. The third-order valence-electron chi connectivity index (χ3n) is 2.44. The molecule has 2 atom stereocenters. The number of halogens is 2. The Morgan fingerprint density at radius 1 is 1.44 bits per heavy atom. The summed E-state index contributed by atoms with van der Waals surface area (Å²) in [5.74, 6) is -1.02. The molecule has 16 heavy (non-hydrogen) atoms. The minimum absolute atomic E-state index is 0.0292. The molecule has 0 heterocycles. The molecule has 2 unspecified atom stereocenters. The van der Waals surface area contributed by atoms with Crippen LogP contribution in [0.2, 0.25) is 10.0 Å². The Labute approximate surface area is 104 Å². The zero-order valence-corrected chi connectivity index (χ0v) is 10.3. The third-order valence-corrected chi connectivity index (χ3v) is 3.18. The summed E-state index contributed by atoms with van der Waals surface area (Å²) in [6.07, 6.45) is 0.0292. The van der Waals surface area contributed by atoms with Crippen molar-refractivity contribution in [3.05, 3.63) is 33.8 Å². The molecule has 1 aromatic rings. The lowest BCUT2D eigenvalue weighted by molar-refractivity contribution is -0.138. The maximum Gasteiger partial charge on any atom is 0.303 e. The van der Waals surface area contributed by atoms with Gasteiger partial charge in [0.05, 0.1) is 10.0 Å². The van der Waals surface area contributed by atoms with Gasteiger partial charge < -0.3 is 10.8 Å². The highest BCUT2D eigenvalue weighted by Gasteiger charge is 2.18. The van der Waals surface area contributed by atoms with Gasteiger partial charge in [-0.1, -0.05) is 36.2 Å². The van der Waals surface area contributed by atoms with Crippen molar-refractivity contribution >= 4 is 29.2 Å². The van der Waals surface area contributed by atoms with E-state index in [4.69, 9.17) is 34.0 Å². The fourth-order valence-electron chi connectivity index (χ4n) is 1.45. The second-order valence-electron chi connectivity index (χ2n) is 3.77. The van der Waals surface area contributed by atoms with Crippen molar-refractivity contribution < 1.29 is 9.90 Å². The van der Waals surface area contributed by atoms with E-state index in [-0.39, 0.29) is 18.4 Å². The molecule has 0 saturated carbocycles. The van der Waals surface area contributed by atoms with Gasteiger partial charge in [-0.2, -0.15) is 0 Å². The topological polar surface area (TPSA) is 63.3 Å². The number of carboxylic acids is 1. The van der Waals surface area contributed by atoms with Crippen molar-refractivity contribution in [2.24, 2.45) is 11.7 Å². The molecule has 0 saturated heterocycles. The summed E-state index contributed by atoms with van der Waals surface area (Å²) in [7, 11) is 0. The first kappa shape index (κ1) is 13.3. The van der Waals surface area contributed by atoms with Gasteiger partial charge in [-0.25, -0.2) is 0 Å². The van der Waals surface area contributed by atoms with Gasteiger partial charge in [0.25, 0.3) is 0 Å².